The third-order valence-corrected chi connectivity index (χ3v) is 5.04. The predicted molar refractivity (Wildman–Crippen MR) is 59.6 cm³/mol. The van der Waals surface area contributed by atoms with Gasteiger partial charge >= 0.3 is 83.5 Å². The zero-order valence-electron chi connectivity index (χ0n) is 8.51. The van der Waals surface area contributed by atoms with Crippen LogP contribution in [0, 0.1) is 0 Å². The molecule has 0 saturated carbocycles. The van der Waals surface area contributed by atoms with Crippen molar-refractivity contribution < 1.29 is 14.7 Å². The Balaban J connectivity index is 3.31. The van der Waals surface area contributed by atoms with Gasteiger partial charge in [0.15, 0.2) is 0 Å². The molecule has 3 nitrogen and oxygen atoms in total. The van der Waals surface area contributed by atoms with Gasteiger partial charge in [-0.15, -0.1) is 0 Å². The van der Waals surface area contributed by atoms with Crippen LogP contribution in [0.4, 0.5) is 0 Å². The van der Waals surface area contributed by atoms with E-state index in [0.717, 1.165) is 5.56 Å². The molecule has 0 radical (unpaired) electrons. The first-order valence-corrected chi connectivity index (χ1v) is 7.01. The van der Waals surface area contributed by atoms with Crippen LogP contribution in [0.25, 0.3) is 0 Å². The van der Waals surface area contributed by atoms with Crippen molar-refractivity contribution in [3.8, 4) is 0 Å². The normalized spacial score (nSPS) is 14.8. The van der Waals surface area contributed by atoms with Crippen molar-refractivity contribution in [3.63, 3.8) is 0 Å². The van der Waals surface area contributed by atoms with Gasteiger partial charge in [0.25, 0.3) is 0 Å². The summed E-state index contributed by atoms with van der Waals surface area (Å²) in [5.74, 6) is 0. The first-order valence-electron chi connectivity index (χ1n) is 4.73. The van der Waals surface area contributed by atoms with E-state index in [2.05, 4.69) is 0 Å². The molecule has 0 unspecified atom stereocenters. The zero-order valence-corrected chi connectivity index (χ0v) is 9.41. The van der Waals surface area contributed by atoms with E-state index in [1.807, 2.05) is 13.0 Å². The Kier molecular flexibility index (Phi) is 2.98. The fourth-order valence-electron chi connectivity index (χ4n) is 1.43. The zero-order chi connectivity index (χ0) is 10.8. The SMILES string of the molecule is CCc1ccccc1P(O)(O)(O)CC. The Labute approximate surface area is 84.2 Å². The van der Waals surface area contributed by atoms with Crippen molar-refractivity contribution in [1.82, 2.24) is 0 Å². The van der Waals surface area contributed by atoms with E-state index in [0.29, 0.717) is 11.7 Å². The van der Waals surface area contributed by atoms with Crippen LogP contribution in [-0.2, 0) is 6.42 Å². The molecular formula is C10H17O3P. The molecule has 1 rings (SSSR count). The van der Waals surface area contributed by atoms with Crippen molar-refractivity contribution in [2.75, 3.05) is 6.16 Å². The molecule has 0 spiro atoms. The molecule has 80 valence electrons. The molecule has 14 heavy (non-hydrogen) atoms. The number of benzene rings is 1. The molecule has 4 heteroatoms. The molecule has 1 aromatic carbocycles. The van der Waals surface area contributed by atoms with E-state index < -0.39 is 7.28 Å². The number of hydrogen-bond acceptors (Lipinski definition) is 3. The first-order chi connectivity index (χ1) is 6.39. The minimum absolute atomic E-state index is 0.0391. The minimum atomic E-state index is -4.59. The van der Waals surface area contributed by atoms with Crippen LogP contribution in [0.2, 0.25) is 0 Å². The molecule has 0 heterocycles. The molecule has 0 aliphatic carbocycles. The van der Waals surface area contributed by atoms with Crippen molar-refractivity contribution in [2.24, 2.45) is 0 Å². The average molecular weight is 216 g/mol. The third-order valence-electron chi connectivity index (χ3n) is 2.45. The van der Waals surface area contributed by atoms with Crippen molar-refractivity contribution in [1.29, 1.82) is 0 Å². The van der Waals surface area contributed by atoms with Gasteiger partial charge in [0.05, 0.1) is 0 Å². The maximum absolute atomic E-state index is 9.81. The fraction of sp³-hybridized carbons (Fsp3) is 0.400. The van der Waals surface area contributed by atoms with Gasteiger partial charge in [0.1, 0.15) is 0 Å². The van der Waals surface area contributed by atoms with Crippen molar-refractivity contribution in [2.45, 2.75) is 20.3 Å². The van der Waals surface area contributed by atoms with Gasteiger partial charge in [-0.25, -0.2) is 0 Å². The maximum atomic E-state index is 9.81. The monoisotopic (exact) mass is 216 g/mol. The van der Waals surface area contributed by atoms with E-state index in [1.54, 1.807) is 25.1 Å². The Morgan fingerprint density at radius 1 is 1.07 bits per heavy atom. The van der Waals surface area contributed by atoms with Gasteiger partial charge in [0.2, 0.25) is 0 Å². The molecule has 0 atom stereocenters. The Hall–Kier alpha value is -0.470. The summed E-state index contributed by atoms with van der Waals surface area (Å²) in [7, 11) is -4.59. The van der Waals surface area contributed by atoms with Gasteiger partial charge in [-0.1, -0.05) is 0 Å². The van der Waals surface area contributed by atoms with Crippen LogP contribution in [-0.4, -0.2) is 20.8 Å². The summed E-state index contributed by atoms with van der Waals surface area (Å²) in [6.07, 6.45) is 0.637. The van der Waals surface area contributed by atoms with Gasteiger partial charge in [0, 0.05) is 0 Å². The Morgan fingerprint density at radius 3 is 2.14 bits per heavy atom. The summed E-state index contributed by atoms with van der Waals surface area (Å²) >= 11 is 0. The molecule has 0 aliphatic heterocycles. The van der Waals surface area contributed by atoms with E-state index in [-0.39, 0.29) is 6.16 Å². The predicted octanol–water partition coefficient (Wildman–Crippen LogP) is 1.17. The Bertz CT molecular complexity index is 328. The van der Waals surface area contributed by atoms with Crippen LogP contribution in [0.1, 0.15) is 19.4 Å². The number of rotatable bonds is 3. The van der Waals surface area contributed by atoms with Gasteiger partial charge in [-0.2, -0.15) is 0 Å². The van der Waals surface area contributed by atoms with E-state index in [1.165, 1.54) is 0 Å². The average Bonchev–Trinajstić information content (AvgIpc) is 2.17. The van der Waals surface area contributed by atoms with Crippen LogP contribution in [0.5, 0.6) is 0 Å². The second-order valence-corrected chi connectivity index (χ2v) is 6.86. The van der Waals surface area contributed by atoms with E-state index in [4.69, 9.17) is 0 Å². The topological polar surface area (TPSA) is 60.7 Å². The first kappa shape index (κ1) is 11.6. The van der Waals surface area contributed by atoms with Gasteiger partial charge < -0.3 is 0 Å². The van der Waals surface area contributed by atoms with Crippen LogP contribution in [0.15, 0.2) is 24.3 Å². The molecule has 0 aromatic heterocycles. The summed E-state index contributed by atoms with van der Waals surface area (Å²) in [5, 5.41) is 0.295. The standard InChI is InChI=1S/C10H17O3P/c1-3-9-7-5-6-8-10(9)14(11,12,13)4-2/h5-8,11-13H,3-4H2,1-2H3. The van der Waals surface area contributed by atoms with Crippen molar-refractivity contribution >= 4 is 12.6 Å². The second kappa shape index (κ2) is 3.59. The molecular weight excluding hydrogens is 199 g/mol. The van der Waals surface area contributed by atoms with Crippen molar-refractivity contribution in [3.05, 3.63) is 29.8 Å². The molecule has 3 N–H and O–H groups in total. The van der Waals surface area contributed by atoms with Crippen LogP contribution >= 0.6 is 7.28 Å². The van der Waals surface area contributed by atoms with Gasteiger partial charge in [-0.3, -0.25) is 0 Å². The third kappa shape index (κ3) is 2.12. The second-order valence-electron chi connectivity index (χ2n) is 3.45. The number of hydrogen-bond donors (Lipinski definition) is 3. The summed E-state index contributed by atoms with van der Waals surface area (Å²) in [5.41, 5.74) is 0.791. The summed E-state index contributed by atoms with van der Waals surface area (Å²) in [6, 6.07) is 6.91. The van der Waals surface area contributed by atoms with E-state index in [9.17, 15) is 14.7 Å². The summed E-state index contributed by atoms with van der Waals surface area (Å²) in [4.78, 5) is 29.4. The number of aryl methyl sites for hydroxylation is 1. The fourth-order valence-corrected chi connectivity index (χ4v) is 2.98. The molecule has 0 bridgehead atoms. The Morgan fingerprint density at radius 2 is 1.64 bits per heavy atom. The van der Waals surface area contributed by atoms with E-state index >= 15 is 0 Å². The molecule has 1 aromatic rings. The summed E-state index contributed by atoms with van der Waals surface area (Å²) < 4.78 is 0. The molecule has 0 fully saturated rings. The molecule has 0 amide bonds. The molecule has 0 saturated heterocycles. The van der Waals surface area contributed by atoms with Gasteiger partial charge in [-0.05, 0) is 0 Å². The summed E-state index contributed by atoms with van der Waals surface area (Å²) in [6.45, 7) is 3.49. The van der Waals surface area contributed by atoms with Crippen LogP contribution in [0.3, 0.4) is 0 Å². The van der Waals surface area contributed by atoms with Crippen LogP contribution < -0.4 is 5.30 Å². The molecule has 0 aliphatic rings. The quantitative estimate of drug-likeness (QED) is 0.665.